The highest BCUT2D eigenvalue weighted by molar-refractivity contribution is 5.93. The van der Waals surface area contributed by atoms with E-state index in [1.165, 1.54) is 25.4 Å². The van der Waals surface area contributed by atoms with Gasteiger partial charge in [0.15, 0.2) is 11.5 Å². The summed E-state index contributed by atoms with van der Waals surface area (Å²) in [6, 6.07) is 11.6. The number of halogens is 1. The molecule has 32 heavy (non-hydrogen) atoms. The quantitative estimate of drug-likeness (QED) is 0.583. The highest BCUT2D eigenvalue weighted by atomic mass is 19.1. The van der Waals surface area contributed by atoms with Crippen molar-refractivity contribution in [2.45, 2.75) is 32.3 Å². The Morgan fingerprint density at radius 2 is 1.84 bits per heavy atom. The highest BCUT2D eigenvalue weighted by Crippen LogP contribution is 2.30. The minimum absolute atomic E-state index is 0.137. The zero-order valence-electron chi connectivity index (χ0n) is 18.1. The van der Waals surface area contributed by atoms with Crippen molar-refractivity contribution in [1.29, 1.82) is 0 Å². The molecule has 0 bridgehead atoms. The van der Waals surface area contributed by atoms with Gasteiger partial charge in [-0.2, -0.15) is 10.2 Å². The molecule has 0 aliphatic carbocycles. The lowest BCUT2D eigenvalue weighted by Gasteiger charge is -2.31. The third-order valence-corrected chi connectivity index (χ3v) is 5.60. The van der Waals surface area contributed by atoms with E-state index in [0.717, 1.165) is 29.8 Å². The predicted octanol–water partition coefficient (Wildman–Crippen LogP) is 3.93. The minimum atomic E-state index is -0.299. The molecule has 0 N–H and O–H groups in total. The zero-order chi connectivity index (χ0) is 22.5. The van der Waals surface area contributed by atoms with Crippen molar-refractivity contribution in [1.82, 2.24) is 20.1 Å². The van der Waals surface area contributed by atoms with Gasteiger partial charge in [0.1, 0.15) is 18.1 Å². The number of hydrogen-bond donors (Lipinski definition) is 0. The Bertz CT molecular complexity index is 1070. The average molecular weight is 436 g/mol. The summed E-state index contributed by atoms with van der Waals surface area (Å²) in [5.41, 5.74) is 3.00. The lowest BCUT2D eigenvalue weighted by atomic mass is 9.93. The summed E-state index contributed by atoms with van der Waals surface area (Å²) in [7, 11) is 1.52. The van der Waals surface area contributed by atoms with Gasteiger partial charge in [-0.25, -0.2) is 9.37 Å². The van der Waals surface area contributed by atoms with Crippen LogP contribution in [0.1, 0.15) is 46.2 Å². The van der Waals surface area contributed by atoms with Crippen LogP contribution < -0.4 is 9.47 Å². The maximum absolute atomic E-state index is 13.1. The fraction of sp³-hybridized carbons (Fsp3) is 0.333. The highest BCUT2D eigenvalue weighted by Gasteiger charge is 2.26. The molecule has 3 heterocycles. The molecule has 166 valence electrons. The topological polar surface area (TPSA) is 77.4 Å². The molecule has 2 aromatic heterocycles. The molecule has 7 nitrogen and oxygen atoms in total. The summed E-state index contributed by atoms with van der Waals surface area (Å²) in [4.78, 5) is 19.1. The van der Waals surface area contributed by atoms with E-state index in [9.17, 15) is 9.18 Å². The molecule has 0 saturated carbocycles. The maximum atomic E-state index is 13.1. The number of carbonyl (C=O) groups excluding carboxylic acids is 1. The van der Waals surface area contributed by atoms with E-state index in [0.29, 0.717) is 36.2 Å². The van der Waals surface area contributed by atoms with Crippen LogP contribution in [0.4, 0.5) is 4.39 Å². The van der Waals surface area contributed by atoms with Gasteiger partial charge in [-0.05, 0) is 49.6 Å². The summed E-state index contributed by atoms with van der Waals surface area (Å²) in [5, 5.41) is 8.43. The molecule has 1 saturated heterocycles. The molecule has 1 aliphatic rings. The van der Waals surface area contributed by atoms with E-state index >= 15 is 0 Å². The number of benzene rings is 1. The first-order valence-corrected chi connectivity index (χ1v) is 10.5. The number of piperidine rings is 1. The number of carbonyl (C=O) groups is 1. The summed E-state index contributed by atoms with van der Waals surface area (Å²) in [5.74, 6) is 0.714. The number of rotatable bonds is 6. The number of hydrogen-bond acceptors (Lipinski definition) is 6. The Balaban J connectivity index is 1.38. The molecule has 1 amide bonds. The van der Waals surface area contributed by atoms with Gasteiger partial charge in [0.25, 0.3) is 5.91 Å². The van der Waals surface area contributed by atoms with E-state index in [2.05, 4.69) is 15.2 Å². The minimum Gasteiger partial charge on any atom is -0.493 e. The number of likely N-dealkylation sites (tertiary alicyclic amines) is 1. The van der Waals surface area contributed by atoms with Gasteiger partial charge in [0, 0.05) is 25.1 Å². The number of methoxy groups -OCH3 is 1. The van der Waals surface area contributed by atoms with Crippen LogP contribution in [0, 0.1) is 12.7 Å². The number of pyridine rings is 1. The smallest absolute Gasteiger partial charge is 0.272 e. The van der Waals surface area contributed by atoms with Gasteiger partial charge in [0.05, 0.1) is 24.7 Å². The molecule has 1 fully saturated rings. The Morgan fingerprint density at radius 1 is 1.09 bits per heavy atom. The van der Waals surface area contributed by atoms with Crippen LogP contribution >= 0.6 is 0 Å². The van der Waals surface area contributed by atoms with Crippen LogP contribution in [0.5, 0.6) is 11.5 Å². The molecule has 0 atom stereocenters. The van der Waals surface area contributed by atoms with E-state index in [-0.39, 0.29) is 18.3 Å². The van der Waals surface area contributed by atoms with Crippen molar-refractivity contribution in [3.63, 3.8) is 0 Å². The van der Waals surface area contributed by atoms with Crippen molar-refractivity contribution >= 4 is 5.91 Å². The van der Waals surface area contributed by atoms with Crippen LogP contribution in [-0.4, -0.2) is 46.2 Å². The second kappa shape index (κ2) is 9.72. The third-order valence-electron chi connectivity index (χ3n) is 5.60. The zero-order valence-corrected chi connectivity index (χ0v) is 18.1. The van der Waals surface area contributed by atoms with E-state index < -0.39 is 0 Å². The van der Waals surface area contributed by atoms with Crippen molar-refractivity contribution in [2.24, 2.45) is 0 Å². The summed E-state index contributed by atoms with van der Waals surface area (Å²) in [6.07, 6.45) is 3.16. The van der Waals surface area contributed by atoms with Crippen molar-refractivity contribution < 1.29 is 18.7 Å². The van der Waals surface area contributed by atoms with E-state index in [1.807, 2.05) is 19.1 Å². The van der Waals surface area contributed by atoms with Crippen LogP contribution in [0.3, 0.4) is 0 Å². The number of ether oxygens (including phenoxy) is 2. The first kappa shape index (κ1) is 21.7. The van der Waals surface area contributed by atoms with Crippen LogP contribution in [0.25, 0.3) is 0 Å². The molecule has 1 aliphatic heterocycles. The summed E-state index contributed by atoms with van der Waals surface area (Å²) >= 11 is 0. The Morgan fingerprint density at radius 3 is 2.50 bits per heavy atom. The second-order valence-corrected chi connectivity index (χ2v) is 7.80. The Labute approximate surface area is 186 Å². The van der Waals surface area contributed by atoms with Crippen molar-refractivity contribution in [3.8, 4) is 11.5 Å². The molecule has 8 heteroatoms. The van der Waals surface area contributed by atoms with Crippen molar-refractivity contribution in [2.75, 3.05) is 20.2 Å². The lowest BCUT2D eigenvalue weighted by Crippen LogP contribution is -2.38. The van der Waals surface area contributed by atoms with Gasteiger partial charge < -0.3 is 14.4 Å². The molecule has 0 radical (unpaired) electrons. The summed E-state index contributed by atoms with van der Waals surface area (Å²) < 4.78 is 24.2. The normalized spacial score (nSPS) is 14.3. The van der Waals surface area contributed by atoms with E-state index in [4.69, 9.17) is 9.47 Å². The fourth-order valence-electron chi connectivity index (χ4n) is 3.72. The average Bonchev–Trinajstić information content (AvgIpc) is 2.84. The largest absolute Gasteiger partial charge is 0.493 e. The first-order chi connectivity index (χ1) is 15.5. The Hall–Kier alpha value is -3.55. The van der Waals surface area contributed by atoms with Crippen LogP contribution in [0.2, 0.25) is 0 Å². The van der Waals surface area contributed by atoms with E-state index in [1.54, 1.807) is 23.1 Å². The number of nitrogens with zero attached hydrogens (tertiary/aromatic N) is 4. The van der Waals surface area contributed by atoms with Crippen LogP contribution in [-0.2, 0) is 6.61 Å². The maximum Gasteiger partial charge on any atom is 0.272 e. The second-order valence-electron chi connectivity index (χ2n) is 7.80. The molecule has 4 rings (SSSR count). The SMILES string of the molecule is COc1cc(C(=O)N2CCC(c3ccc(C)nn3)CC2)ncc1OCc1ccc(F)cc1. The molecule has 1 aromatic carbocycles. The monoisotopic (exact) mass is 436 g/mol. The van der Waals surface area contributed by atoms with Gasteiger partial charge in [-0.1, -0.05) is 12.1 Å². The van der Waals surface area contributed by atoms with Gasteiger partial charge in [-0.15, -0.1) is 0 Å². The Kier molecular flexibility index (Phi) is 6.58. The number of aryl methyl sites for hydroxylation is 1. The molecular formula is C24H25FN4O3. The van der Waals surface area contributed by atoms with Gasteiger partial charge >= 0.3 is 0 Å². The predicted molar refractivity (Wildman–Crippen MR) is 116 cm³/mol. The summed E-state index contributed by atoms with van der Waals surface area (Å²) in [6.45, 7) is 3.41. The molecular weight excluding hydrogens is 411 g/mol. The third kappa shape index (κ3) is 5.01. The standard InChI is InChI=1S/C24H25FN4O3/c1-16-3-8-20(28-27-16)18-9-11-29(12-10-18)24(30)21-13-22(31-2)23(14-26-21)32-15-17-4-6-19(25)7-5-17/h3-8,13-14,18H,9-12,15H2,1-2H3. The molecule has 3 aromatic rings. The fourth-order valence-corrected chi connectivity index (χ4v) is 3.72. The first-order valence-electron chi connectivity index (χ1n) is 10.5. The van der Waals surface area contributed by atoms with Crippen molar-refractivity contribution in [3.05, 3.63) is 77.1 Å². The molecule has 0 unspecified atom stereocenters. The van der Waals surface area contributed by atoms with Crippen LogP contribution in [0.15, 0.2) is 48.7 Å². The number of amides is 1. The van der Waals surface area contributed by atoms with Gasteiger partial charge in [-0.3, -0.25) is 4.79 Å². The molecule has 0 spiro atoms. The number of aromatic nitrogens is 3. The van der Waals surface area contributed by atoms with Gasteiger partial charge in [0.2, 0.25) is 0 Å². The lowest BCUT2D eigenvalue weighted by molar-refractivity contribution is 0.0705.